The van der Waals surface area contributed by atoms with E-state index in [1.807, 2.05) is 0 Å². The Morgan fingerprint density at radius 3 is 2.18 bits per heavy atom. The van der Waals surface area contributed by atoms with Gasteiger partial charge < -0.3 is 15.4 Å². The Bertz CT molecular complexity index is 826. The van der Waals surface area contributed by atoms with E-state index in [2.05, 4.69) is 0 Å². The van der Waals surface area contributed by atoms with Gasteiger partial charge in [-0.2, -0.15) is 4.31 Å². The van der Waals surface area contributed by atoms with Crippen molar-refractivity contribution in [1.82, 2.24) is 9.21 Å². The van der Waals surface area contributed by atoms with Gasteiger partial charge in [0.2, 0.25) is 10.0 Å². The number of sulfonamides is 1. The Morgan fingerprint density at radius 1 is 0.964 bits per heavy atom. The van der Waals surface area contributed by atoms with E-state index in [-0.39, 0.29) is 28.7 Å². The lowest BCUT2D eigenvalue weighted by molar-refractivity contribution is -0.133. The Morgan fingerprint density at radius 2 is 1.57 bits per heavy atom. The fraction of sp³-hybridized carbons (Fsp3) is 0.579. The molecule has 0 atom stereocenters. The molecule has 1 aromatic carbocycles. The van der Waals surface area contributed by atoms with Crippen molar-refractivity contribution in [3.63, 3.8) is 0 Å². The van der Waals surface area contributed by atoms with E-state index < -0.39 is 15.9 Å². The van der Waals surface area contributed by atoms with Crippen molar-refractivity contribution in [2.75, 3.05) is 32.8 Å². The summed E-state index contributed by atoms with van der Waals surface area (Å²) < 4.78 is 32.3. The van der Waals surface area contributed by atoms with Gasteiger partial charge in [-0.3, -0.25) is 9.59 Å². The Hall–Kier alpha value is -2.13. The van der Waals surface area contributed by atoms with Crippen LogP contribution in [0.15, 0.2) is 23.1 Å². The molecule has 2 aliphatic heterocycles. The third kappa shape index (κ3) is 4.64. The summed E-state index contributed by atoms with van der Waals surface area (Å²) in [4.78, 5) is 26.0. The standard InChI is InChI=1S/C19H27N3O5S/c20-19(24)16-13-15(28(25,26)22-11-5-6-12-22)7-8-17(16)27-14-18(23)21-9-3-1-2-4-10-21/h7-8,13H,1-6,9-12,14H2,(H2,20,24). The summed E-state index contributed by atoms with van der Waals surface area (Å²) in [6, 6.07) is 4.03. The zero-order chi connectivity index (χ0) is 20.1. The highest BCUT2D eigenvalue weighted by Crippen LogP contribution is 2.26. The summed E-state index contributed by atoms with van der Waals surface area (Å²) in [5, 5.41) is 0. The molecule has 0 spiro atoms. The first-order chi connectivity index (χ1) is 13.4. The number of benzene rings is 1. The zero-order valence-electron chi connectivity index (χ0n) is 15.9. The molecule has 8 nitrogen and oxygen atoms in total. The van der Waals surface area contributed by atoms with Crippen molar-refractivity contribution in [3.05, 3.63) is 23.8 Å². The molecule has 0 bridgehead atoms. The van der Waals surface area contributed by atoms with Crippen molar-refractivity contribution in [2.24, 2.45) is 5.73 Å². The normalized spacial score (nSPS) is 18.6. The SMILES string of the molecule is NC(=O)c1cc(S(=O)(=O)N2CCCC2)ccc1OCC(=O)N1CCCCCC1. The van der Waals surface area contributed by atoms with Gasteiger partial charge >= 0.3 is 0 Å². The number of nitrogens with zero attached hydrogens (tertiary/aromatic N) is 2. The van der Waals surface area contributed by atoms with Gasteiger partial charge in [-0.15, -0.1) is 0 Å². The van der Waals surface area contributed by atoms with Crippen molar-refractivity contribution in [1.29, 1.82) is 0 Å². The smallest absolute Gasteiger partial charge is 0.260 e. The van der Waals surface area contributed by atoms with Crippen LogP contribution < -0.4 is 10.5 Å². The van der Waals surface area contributed by atoms with Crippen molar-refractivity contribution < 1.29 is 22.7 Å². The minimum atomic E-state index is -3.67. The maximum Gasteiger partial charge on any atom is 0.260 e. The molecule has 0 aromatic heterocycles. The lowest BCUT2D eigenvalue weighted by Crippen LogP contribution is -2.35. The summed E-state index contributed by atoms with van der Waals surface area (Å²) in [5.41, 5.74) is 5.39. The van der Waals surface area contributed by atoms with Crippen LogP contribution in [0.4, 0.5) is 0 Å². The second-order valence-corrected chi connectivity index (χ2v) is 9.16. The number of carbonyl (C=O) groups is 2. The van der Waals surface area contributed by atoms with Gasteiger partial charge in [0, 0.05) is 26.2 Å². The van der Waals surface area contributed by atoms with Gasteiger partial charge in [-0.05, 0) is 43.9 Å². The Labute approximate surface area is 165 Å². The number of primary amides is 1. The molecule has 9 heteroatoms. The lowest BCUT2D eigenvalue weighted by atomic mass is 10.2. The Balaban J connectivity index is 1.74. The monoisotopic (exact) mass is 409 g/mol. The van der Waals surface area contributed by atoms with Crippen LogP contribution in [0, 0.1) is 0 Å². The number of nitrogens with two attached hydrogens (primary N) is 1. The van der Waals surface area contributed by atoms with E-state index in [4.69, 9.17) is 10.5 Å². The lowest BCUT2D eigenvalue weighted by Gasteiger charge is -2.21. The number of hydrogen-bond acceptors (Lipinski definition) is 5. The molecule has 2 saturated heterocycles. The number of rotatable bonds is 6. The van der Waals surface area contributed by atoms with Crippen LogP contribution in [0.5, 0.6) is 5.75 Å². The topological polar surface area (TPSA) is 110 Å². The molecule has 0 unspecified atom stereocenters. The first-order valence-corrected chi connectivity index (χ1v) is 11.2. The molecule has 3 rings (SSSR count). The van der Waals surface area contributed by atoms with E-state index in [9.17, 15) is 18.0 Å². The largest absolute Gasteiger partial charge is 0.483 e. The van der Waals surface area contributed by atoms with Gasteiger partial charge in [0.05, 0.1) is 10.5 Å². The maximum absolute atomic E-state index is 12.7. The second kappa shape index (κ2) is 8.91. The Kier molecular flexibility index (Phi) is 6.56. The predicted molar refractivity (Wildman–Crippen MR) is 103 cm³/mol. The van der Waals surface area contributed by atoms with Gasteiger partial charge in [-0.25, -0.2) is 8.42 Å². The molecule has 0 aliphatic carbocycles. The highest BCUT2D eigenvalue weighted by Gasteiger charge is 2.28. The van der Waals surface area contributed by atoms with Crippen LogP contribution >= 0.6 is 0 Å². The number of ether oxygens (including phenoxy) is 1. The minimum Gasteiger partial charge on any atom is -0.483 e. The van der Waals surface area contributed by atoms with Crippen molar-refractivity contribution >= 4 is 21.8 Å². The number of carbonyl (C=O) groups excluding carboxylic acids is 2. The van der Waals surface area contributed by atoms with Gasteiger partial charge in [0.15, 0.2) is 6.61 Å². The second-order valence-electron chi connectivity index (χ2n) is 7.22. The fourth-order valence-electron chi connectivity index (χ4n) is 3.62. The third-order valence-electron chi connectivity index (χ3n) is 5.23. The quantitative estimate of drug-likeness (QED) is 0.763. The van der Waals surface area contributed by atoms with Crippen LogP contribution in [0.3, 0.4) is 0 Å². The van der Waals surface area contributed by atoms with Gasteiger partial charge in [0.1, 0.15) is 5.75 Å². The molecule has 0 saturated carbocycles. The van der Waals surface area contributed by atoms with Crippen LogP contribution in [-0.4, -0.2) is 62.2 Å². The van der Waals surface area contributed by atoms with E-state index in [1.165, 1.54) is 22.5 Å². The summed E-state index contributed by atoms with van der Waals surface area (Å²) in [6.07, 6.45) is 5.82. The predicted octanol–water partition coefficient (Wildman–Crippen LogP) is 1.35. The average molecular weight is 410 g/mol. The molecule has 1 aromatic rings. The molecule has 28 heavy (non-hydrogen) atoms. The van der Waals surface area contributed by atoms with E-state index in [1.54, 1.807) is 4.90 Å². The van der Waals surface area contributed by atoms with Crippen LogP contribution in [0.2, 0.25) is 0 Å². The molecule has 2 N–H and O–H groups in total. The van der Waals surface area contributed by atoms with Crippen molar-refractivity contribution in [2.45, 2.75) is 43.4 Å². The van der Waals surface area contributed by atoms with Crippen LogP contribution in [-0.2, 0) is 14.8 Å². The highest BCUT2D eigenvalue weighted by molar-refractivity contribution is 7.89. The molecule has 0 radical (unpaired) electrons. The molecule has 2 amide bonds. The molecule has 154 valence electrons. The first-order valence-electron chi connectivity index (χ1n) is 9.74. The summed E-state index contributed by atoms with van der Waals surface area (Å²) >= 11 is 0. The number of hydrogen-bond donors (Lipinski definition) is 1. The van der Waals surface area contributed by atoms with E-state index in [0.717, 1.165) is 38.5 Å². The minimum absolute atomic E-state index is 0.00870. The van der Waals surface area contributed by atoms with E-state index >= 15 is 0 Å². The van der Waals surface area contributed by atoms with Gasteiger partial charge in [0.25, 0.3) is 11.8 Å². The number of likely N-dealkylation sites (tertiary alicyclic amines) is 1. The van der Waals surface area contributed by atoms with Crippen LogP contribution in [0.1, 0.15) is 48.9 Å². The average Bonchev–Trinajstić information content (AvgIpc) is 3.09. The molecule has 2 aliphatic rings. The molecule has 2 fully saturated rings. The fourth-order valence-corrected chi connectivity index (χ4v) is 5.16. The van der Waals surface area contributed by atoms with Crippen LogP contribution in [0.25, 0.3) is 0 Å². The zero-order valence-corrected chi connectivity index (χ0v) is 16.7. The molecule has 2 heterocycles. The maximum atomic E-state index is 12.7. The summed E-state index contributed by atoms with van der Waals surface area (Å²) in [6.45, 7) is 2.14. The van der Waals surface area contributed by atoms with Gasteiger partial charge in [-0.1, -0.05) is 12.8 Å². The highest BCUT2D eigenvalue weighted by atomic mass is 32.2. The molecular formula is C19H27N3O5S. The summed E-state index contributed by atoms with van der Waals surface area (Å²) in [7, 11) is -3.67. The van der Waals surface area contributed by atoms with E-state index in [0.29, 0.717) is 26.2 Å². The van der Waals surface area contributed by atoms with Crippen molar-refractivity contribution in [3.8, 4) is 5.75 Å². The summed E-state index contributed by atoms with van der Waals surface area (Å²) in [5.74, 6) is -0.821. The number of amides is 2. The third-order valence-corrected chi connectivity index (χ3v) is 7.12. The molecular weight excluding hydrogens is 382 g/mol. The first kappa shape index (κ1) is 20.6.